The third-order valence-corrected chi connectivity index (χ3v) is 6.69. The normalized spacial score (nSPS) is 14.8. The summed E-state index contributed by atoms with van der Waals surface area (Å²) in [6.45, 7) is 4.00. The second-order valence-corrected chi connectivity index (χ2v) is 9.36. The van der Waals surface area contributed by atoms with Crippen LogP contribution in [0, 0.1) is 18.3 Å². The predicted octanol–water partition coefficient (Wildman–Crippen LogP) is 4.88. The van der Waals surface area contributed by atoms with Crippen molar-refractivity contribution in [3.8, 4) is 17.7 Å². The zero-order valence-electron chi connectivity index (χ0n) is 18.2. The first kappa shape index (κ1) is 22.6. The number of aromatic nitrogens is 1. The molecule has 0 saturated heterocycles. The first-order valence-electron chi connectivity index (χ1n) is 10.1. The average molecular weight is 481 g/mol. The Morgan fingerprint density at radius 3 is 2.76 bits per heavy atom. The Bertz CT molecular complexity index is 1330. The number of hydrogen-bond acceptors (Lipinski definition) is 7. The van der Waals surface area contributed by atoms with E-state index < -0.39 is 11.8 Å². The highest BCUT2D eigenvalue weighted by Crippen LogP contribution is 2.49. The molecular weight excluding hydrogens is 460 g/mol. The Morgan fingerprint density at radius 1 is 1.33 bits per heavy atom. The van der Waals surface area contributed by atoms with E-state index in [1.165, 1.54) is 18.4 Å². The molecule has 1 atom stereocenters. The summed E-state index contributed by atoms with van der Waals surface area (Å²) in [5.74, 6) is -0.332. The molecule has 1 amide bonds. The molecule has 1 aliphatic heterocycles. The van der Waals surface area contributed by atoms with Crippen molar-refractivity contribution in [1.29, 1.82) is 5.26 Å². The highest BCUT2D eigenvalue weighted by Gasteiger charge is 2.37. The number of ether oxygens (including phenoxy) is 2. The van der Waals surface area contributed by atoms with Gasteiger partial charge in [-0.1, -0.05) is 17.7 Å². The average Bonchev–Trinajstić information content (AvgIpc) is 3.22. The number of rotatable bonds is 6. The monoisotopic (exact) mass is 480 g/mol. The lowest BCUT2D eigenvalue weighted by atomic mass is 9.79. The van der Waals surface area contributed by atoms with Crippen LogP contribution in [-0.2, 0) is 11.4 Å². The van der Waals surface area contributed by atoms with Crippen molar-refractivity contribution in [1.82, 2.24) is 4.98 Å². The van der Waals surface area contributed by atoms with Crippen LogP contribution in [0.5, 0.6) is 11.6 Å². The summed E-state index contributed by atoms with van der Waals surface area (Å²) in [6.07, 6.45) is 1.72. The zero-order valence-corrected chi connectivity index (χ0v) is 19.8. The van der Waals surface area contributed by atoms with Crippen LogP contribution in [0.25, 0.3) is 0 Å². The lowest BCUT2D eigenvalue weighted by Gasteiger charge is -2.32. The lowest BCUT2D eigenvalue weighted by Crippen LogP contribution is -2.28. The number of nitrogens with two attached hydrogens (primary N) is 1. The van der Waals surface area contributed by atoms with Crippen LogP contribution < -0.4 is 20.5 Å². The topological polar surface area (TPSA) is 110 Å². The molecule has 2 aromatic heterocycles. The summed E-state index contributed by atoms with van der Waals surface area (Å²) in [7, 11) is 1.52. The Labute approximate surface area is 200 Å². The summed E-state index contributed by atoms with van der Waals surface area (Å²) in [6, 6.07) is 10.9. The molecule has 3 heterocycles. The standard InChI is InChI=1S/C24H21ClN4O3S/c1-12-10-28-24(32-11-15-5-7-18(25)33-15)21-20(19(23(27)30)13(2)29-22(12)21)16-6-4-14(9-26)8-17(16)31-3/h4-8,10,20,29H,11H2,1-3H3,(H2,27,30). The van der Waals surface area contributed by atoms with Crippen molar-refractivity contribution < 1.29 is 14.3 Å². The maximum atomic E-state index is 12.6. The molecule has 0 aliphatic carbocycles. The maximum Gasteiger partial charge on any atom is 0.247 e. The Hall–Kier alpha value is -3.54. The molecule has 3 aromatic rings. The predicted molar refractivity (Wildman–Crippen MR) is 128 cm³/mol. The van der Waals surface area contributed by atoms with Crippen LogP contribution in [0.4, 0.5) is 5.69 Å². The first-order valence-corrected chi connectivity index (χ1v) is 11.3. The van der Waals surface area contributed by atoms with Crippen LogP contribution in [0.3, 0.4) is 0 Å². The summed E-state index contributed by atoms with van der Waals surface area (Å²) < 4.78 is 12.4. The minimum absolute atomic E-state index is 0.270. The van der Waals surface area contributed by atoms with Crippen LogP contribution in [0.2, 0.25) is 4.34 Å². The van der Waals surface area contributed by atoms with Gasteiger partial charge >= 0.3 is 0 Å². The van der Waals surface area contributed by atoms with Gasteiger partial charge in [-0.15, -0.1) is 11.3 Å². The number of nitriles is 1. The van der Waals surface area contributed by atoms with Crippen molar-refractivity contribution in [2.75, 3.05) is 12.4 Å². The molecule has 3 N–H and O–H groups in total. The second kappa shape index (κ2) is 9.14. The van der Waals surface area contributed by atoms with E-state index in [1.807, 2.05) is 19.1 Å². The van der Waals surface area contributed by atoms with Crippen molar-refractivity contribution in [2.24, 2.45) is 5.73 Å². The number of methoxy groups -OCH3 is 1. The van der Waals surface area contributed by atoms with Gasteiger partial charge in [0.2, 0.25) is 11.8 Å². The maximum absolute atomic E-state index is 12.6. The molecular formula is C24H21ClN4O3S. The smallest absolute Gasteiger partial charge is 0.247 e. The number of anilines is 1. The lowest BCUT2D eigenvalue weighted by molar-refractivity contribution is -0.114. The number of allylic oxidation sites excluding steroid dienone is 1. The van der Waals surface area contributed by atoms with E-state index in [0.717, 1.165) is 16.1 Å². The van der Waals surface area contributed by atoms with E-state index >= 15 is 0 Å². The fraction of sp³-hybridized carbons (Fsp3) is 0.208. The zero-order chi connectivity index (χ0) is 23.7. The molecule has 4 rings (SSSR count). The fourth-order valence-corrected chi connectivity index (χ4v) is 5.00. The van der Waals surface area contributed by atoms with Crippen LogP contribution in [0.15, 0.2) is 47.8 Å². The van der Waals surface area contributed by atoms with E-state index in [0.29, 0.717) is 43.9 Å². The van der Waals surface area contributed by atoms with Gasteiger partial charge in [-0.2, -0.15) is 5.26 Å². The van der Waals surface area contributed by atoms with Gasteiger partial charge in [-0.05, 0) is 43.7 Å². The van der Waals surface area contributed by atoms with E-state index in [2.05, 4.69) is 16.4 Å². The van der Waals surface area contributed by atoms with Gasteiger partial charge < -0.3 is 20.5 Å². The molecule has 1 aromatic carbocycles. The minimum atomic E-state index is -0.601. The summed E-state index contributed by atoms with van der Waals surface area (Å²) in [4.78, 5) is 18.1. The van der Waals surface area contributed by atoms with Crippen LogP contribution in [0.1, 0.15) is 40.0 Å². The third-order valence-electron chi connectivity index (χ3n) is 5.48. The summed E-state index contributed by atoms with van der Waals surface area (Å²) in [5.41, 5.74) is 10.3. The van der Waals surface area contributed by atoms with Gasteiger partial charge in [0, 0.05) is 27.9 Å². The first-order chi connectivity index (χ1) is 15.8. The molecule has 7 nitrogen and oxygen atoms in total. The highest BCUT2D eigenvalue weighted by atomic mass is 35.5. The van der Waals surface area contributed by atoms with E-state index in [1.54, 1.807) is 31.3 Å². The number of hydrogen-bond donors (Lipinski definition) is 2. The number of primary amides is 1. The number of amides is 1. The minimum Gasteiger partial charge on any atom is -0.496 e. The van der Waals surface area contributed by atoms with Crippen molar-refractivity contribution in [2.45, 2.75) is 26.4 Å². The largest absolute Gasteiger partial charge is 0.496 e. The number of halogens is 1. The molecule has 0 fully saturated rings. The van der Waals surface area contributed by atoms with Gasteiger partial charge in [-0.3, -0.25) is 4.79 Å². The van der Waals surface area contributed by atoms with E-state index in [4.69, 9.17) is 26.8 Å². The molecule has 1 unspecified atom stereocenters. The molecule has 0 spiro atoms. The number of nitrogens with zero attached hydrogens (tertiary/aromatic N) is 2. The third kappa shape index (κ3) is 4.25. The number of benzene rings is 1. The van der Waals surface area contributed by atoms with E-state index in [9.17, 15) is 10.1 Å². The number of thiophene rings is 1. The number of carbonyl (C=O) groups is 1. The van der Waals surface area contributed by atoms with Crippen molar-refractivity contribution >= 4 is 34.5 Å². The number of nitrogens with one attached hydrogen (secondary N) is 1. The van der Waals surface area contributed by atoms with Gasteiger partial charge in [0.05, 0.1) is 40.2 Å². The molecule has 1 aliphatic rings. The number of carbonyl (C=O) groups excluding carboxylic acids is 1. The SMILES string of the molecule is COc1cc(C#N)ccc1C1C(C(N)=O)=C(C)Nc2c(C)cnc(OCc3ccc(Cl)s3)c21. The number of aryl methyl sites for hydroxylation is 1. The Kier molecular flexibility index (Phi) is 6.27. The number of fused-ring (bicyclic) bond motifs is 1. The molecule has 0 radical (unpaired) electrons. The summed E-state index contributed by atoms with van der Waals surface area (Å²) in [5, 5.41) is 12.6. The van der Waals surface area contributed by atoms with Gasteiger partial charge in [-0.25, -0.2) is 4.98 Å². The fourth-order valence-electron chi connectivity index (χ4n) is 4.00. The second-order valence-electron chi connectivity index (χ2n) is 7.56. The van der Waals surface area contributed by atoms with Gasteiger partial charge in [0.1, 0.15) is 12.4 Å². The van der Waals surface area contributed by atoms with Crippen LogP contribution in [-0.4, -0.2) is 18.0 Å². The molecule has 33 heavy (non-hydrogen) atoms. The van der Waals surface area contributed by atoms with Gasteiger partial charge in [0.15, 0.2) is 0 Å². The number of pyridine rings is 1. The Morgan fingerprint density at radius 2 is 2.12 bits per heavy atom. The summed E-state index contributed by atoms with van der Waals surface area (Å²) >= 11 is 7.48. The molecule has 0 bridgehead atoms. The van der Waals surface area contributed by atoms with Gasteiger partial charge in [0.25, 0.3) is 0 Å². The Balaban J connectivity index is 1.91. The molecule has 168 valence electrons. The molecule has 0 saturated carbocycles. The quantitative estimate of drug-likeness (QED) is 0.520. The van der Waals surface area contributed by atoms with Crippen molar-refractivity contribution in [3.63, 3.8) is 0 Å². The highest BCUT2D eigenvalue weighted by molar-refractivity contribution is 7.16. The van der Waals surface area contributed by atoms with Crippen molar-refractivity contribution in [3.05, 3.63) is 79.3 Å². The van der Waals surface area contributed by atoms with E-state index in [-0.39, 0.29) is 6.61 Å². The molecule has 9 heteroatoms. The van der Waals surface area contributed by atoms with Crippen LogP contribution >= 0.6 is 22.9 Å².